The predicted octanol–water partition coefficient (Wildman–Crippen LogP) is 5.38. The van der Waals surface area contributed by atoms with Crippen LogP contribution in [0.3, 0.4) is 0 Å². The molecular formula is C24H39NO2. The van der Waals surface area contributed by atoms with Crippen molar-refractivity contribution in [3.8, 4) is 0 Å². The molecule has 0 radical (unpaired) electrons. The summed E-state index contributed by atoms with van der Waals surface area (Å²) in [6.07, 6.45) is 17.0. The lowest BCUT2D eigenvalue weighted by Crippen LogP contribution is -2.62. The van der Waals surface area contributed by atoms with Crippen LogP contribution in [-0.4, -0.2) is 18.6 Å². The molecule has 0 saturated heterocycles. The van der Waals surface area contributed by atoms with Crippen molar-refractivity contribution in [1.82, 2.24) is 0 Å². The van der Waals surface area contributed by atoms with Crippen molar-refractivity contribution in [2.24, 2.45) is 34.3 Å². The molecule has 0 amide bonds. The Balaban J connectivity index is 1.56. The molecule has 2 unspecified atom stereocenters. The Labute approximate surface area is 165 Å². The minimum absolute atomic E-state index is 0.0700. The van der Waals surface area contributed by atoms with Gasteiger partial charge in [0, 0.05) is 12.0 Å². The van der Waals surface area contributed by atoms with E-state index in [4.69, 9.17) is 10.5 Å². The number of esters is 1. The number of allylic oxidation sites excluding steroid dienone is 1. The van der Waals surface area contributed by atoms with Gasteiger partial charge >= 0.3 is 5.97 Å². The number of rotatable bonds is 4. The first-order chi connectivity index (χ1) is 12.8. The summed E-state index contributed by atoms with van der Waals surface area (Å²) in [6.45, 7) is 5.04. The highest BCUT2D eigenvalue weighted by molar-refractivity contribution is 5.69. The molecule has 152 valence electrons. The molecule has 6 atom stereocenters. The molecule has 4 aliphatic carbocycles. The summed E-state index contributed by atoms with van der Waals surface area (Å²) in [5, 5.41) is 0. The molecule has 3 saturated carbocycles. The quantitative estimate of drug-likeness (QED) is 0.531. The third-order valence-electron chi connectivity index (χ3n) is 9.48. The maximum absolute atomic E-state index is 11.5. The molecule has 4 rings (SSSR count). The third kappa shape index (κ3) is 2.91. The normalized spacial score (nSPS) is 46.1. The standard InChI is InChI=1S/C24H39NO2/c1-22-14-5-4-7-18(22)12-16-24(25)19-11-10-17(8-6-9-21(26)27-3)23(19,2)15-13-20(22)24/h13,17-19H,4-12,14-16,25H2,1-3H3/t17?,18-,19?,22-,23+,24+/m0/s1. The Bertz CT molecular complexity index is 628. The molecule has 0 spiro atoms. The van der Waals surface area contributed by atoms with Gasteiger partial charge in [0.1, 0.15) is 0 Å². The third-order valence-corrected chi connectivity index (χ3v) is 9.48. The van der Waals surface area contributed by atoms with Crippen molar-refractivity contribution >= 4 is 5.97 Å². The molecule has 27 heavy (non-hydrogen) atoms. The fraction of sp³-hybridized carbons (Fsp3) is 0.875. The maximum atomic E-state index is 11.5. The van der Waals surface area contributed by atoms with Gasteiger partial charge in [0.05, 0.1) is 7.11 Å². The Morgan fingerprint density at radius 3 is 2.78 bits per heavy atom. The summed E-state index contributed by atoms with van der Waals surface area (Å²) in [4.78, 5) is 11.5. The molecule has 0 heterocycles. The highest BCUT2D eigenvalue weighted by Crippen LogP contribution is 2.66. The Kier molecular flexibility index (Phi) is 4.98. The van der Waals surface area contributed by atoms with Gasteiger partial charge < -0.3 is 10.5 Å². The van der Waals surface area contributed by atoms with Crippen molar-refractivity contribution in [3.63, 3.8) is 0 Å². The van der Waals surface area contributed by atoms with Crippen molar-refractivity contribution in [1.29, 1.82) is 0 Å². The van der Waals surface area contributed by atoms with Gasteiger partial charge in [-0.15, -0.1) is 0 Å². The smallest absolute Gasteiger partial charge is 0.305 e. The van der Waals surface area contributed by atoms with E-state index in [0.717, 1.165) is 18.8 Å². The number of carbonyl (C=O) groups is 1. The molecule has 2 N–H and O–H groups in total. The van der Waals surface area contributed by atoms with E-state index in [1.165, 1.54) is 64.9 Å². The van der Waals surface area contributed by atoms with E-state index in [-0.39, 0.29) is 11.5 Å². The van der Waals surface area contributed by atoms with Gasteiger partial charge in [-0.1, -0.05) is 32.8 Å². The van der Waals surface area contributed by atoms with E-state index in [2.05, 4.69) is 19.9 Å². The molecule has 0 bridgehead atoms. The largest absolute Gasteiger partial charge is 0.469 e. The minimum Gasteiger partial charge on any atom is -0.469 e. The van der Waals surface area contributed by atoms with Gasteiger partial charge in [0.15, 0.2) is 0 Å². The summed E-state index contributed by atoms with van der Waals surface area (Å²) in [6, 6.07) is 0. The first kappa shape index (κ1) is 19.5. The monoisotopic (exact) mass is 373 g/mol. The zero-order valence-corrected chi connectivity index (χ0v) is 17.7. The summed E-state index contributed by atoms with van der Waals surface area (Å²) in [7, 11) is 1.49. The molecule has 3 heteroatoms. The van der Waals surface area contributed by atoms with E-state index in [1.54, 1.807) is 5.57 Å². The fourth-order valence-corrected chi connectivity index (χ4v) is 7.95. The topological polar surface area (TPSA) is 52.3 Å². The number of ether oxygens (including phenoxy) is 1. The number of nitrogens with two attached hydrogens (primary N) is 1. The summed E-state index contributed by atoms with van der Waals surface area (Å²) in [5.74, 6) is 2.10. The van der Waals surface area contributed by atoms with E-state index in [9.17, 15) is 4.79 Å². The lowest BCUT2D eigenvalue weighted by atomic mass is 9.46. The van der Waals surface area contributed by atoms with Gasteiger partial charge in [-0.3, -0.25) is 4.79 Å². The average Bonchev–Trinajstić information content (AvgIpc) is 2.98. The van der Waals surface area contributed by atoms with Crippen LogP contribution in [0.15, 0.2) is 11.6 Å². The molecular weight excluding hydrogens is 334 g/mol. The van der Waals surface area contributed by atoms with Crippen LogP contribution in [0.4, 0.5) is 0 Å². The van der Waals surface area contributed by atoms with Crippen molar-refractivity contribution in [2.45, 2.75) is 96.4 Å². The summed E-state index contributed by atoms with van der Waals surface area (Å²) in [5.41, 5.74) is 9.58. The number of fused-ring (bicyclic) bond motifs is 5. The summed E-state index contributed by atoms with van der Waals surface area (Å²) < 4.78 is 4.83. The molecule has 3 nitrogen and oxygen atoms in total. The second-order valence-corrected chi connectivity index (χ2v) is 10.6. The second kappa shape index (κ2) is 6.90. The Morgan fingerprint density at radius 2 is 2.00 bits per heavy atom. The zero-order valence-electron chi connectivity index (χ0n) is 17.7. The maximum Gasteiger partial charge on any atom is 0.305 e. The second-order valence-electron chi connectivity index (χ2n) is 10.6. The Hall–Kier alpha value is -0.830. The van der Waals surface area contributed by atoms with Crippen LogP contribution in [-0.2, 0) is 9.53 Å². The minimum atomic E-state index is -0.0767. The molecule has 0 aromatic rings. The van der Waals surface area contributed by atoms with Gasteiger partial charge in [-0.05, 0) is 91.9 Å². The number of methoxy groups -OCH3 is 1. The SMILES string of the molecule is COC(=O)CCCC1CCC2[C@]1(C)CC=C1[C@@]2(N)CC[C@@H]2CCCC[C@]12C. The first-order valence-corrected chi connectivity index (χ1v) is 11.4. The number of carbonyl (C=O) groups excluding carboxylic acids is 1. The average molecular weight is 374 g/mol. The summed E-state index contributed by atoms with van der Waals surface area (Å²) >= 11 is 0. The van der Waals surface area contributed by atoms with E-state index >= 15 is 0 Å². The Morgan fingerprint density at radius 1 is 1.19 bits per heavy atom. The molecule has 0 aliphatic heterocycles. The van der Waals surface area contributed by atoms with Gasteiger partial charge in [0.2, 0.25) is 0 Å². The number of hydrogen-bond acceptors (Lipinski definition) is 3. The van der Waals surface area contributed by atoms with Gasteiger partial charge in [-0.25, -0.2) is 0 Å². The first-order valence-electron chi connectivity index (χ1n) is 11.4. The highest BCUT2D eigenvalue weighted by atomic mass is 16.5. The van der Waals surface area contributed by atoms with E-state index in [0.29, 0.717) is 29.1 Å². The number of hydrogen-bond donors (Lipinski definition) is 1. The fourth-order valence-electron chi connectivity index (χ4n) is 7.95. The molecule has 4 aliphatic rings. The van der Waals surface area contributed by atoms with Crippen molar-refractivity contribution in [3.05, 3.63) is 11.6 Å². The lowest BCUT2D eigenvalue weighted by Gasteiger charge is -2.61. The van der Waals surface area contributed by atoms with Crippen LogP contribution in [0.5, 0.6) is 0 Å². The molecule has 3 fully saturated rings. The van der Waals surface area contributed by atoms with Crippen LogP contribution in [0, 0.1) is 28.6 Å². The van der Waals surface area contributed by atoms with Crippen molar-refractivity contribution < 1.29 is 9.53 Å². The van der Waals surface area contributed by atoms with Crippen LogP contribution >= 0.6 is 0 Å². The zero-order chi connectivity index (χ0) is 19.3. The van der Waals surface area contributed by atoms with Gasteiger partial charge in [-0.2, -0.15) is 0 Å². The lowest BCUT2D eigenvalue weighted by molar-refractivity contribution is -0.140. The van der Waals surface area contributed by atoms with Gasteiger partial charge in [0.25, 0.3) is 0 Å². The van der Waals surface area contributed by atoms with Crippen LogP contribution < -0.4 is 5.73 Å². The van der Waals surface area contributed by atoms with Crippen LogP contribution in [0.2, 0.25) is 0 Å². The predicted molar refractivity (Wildman–Crippen MR) is 109 cm³/mol. The van der Waals surface area contributed by atoms with Crippen LogP contribution in [0.1, 0.15) is 90.9 Å². The van der Waals surface area contributed by atoms with E-state index < -0.39 is 0 Å². The molecule has 0 aromatic heterocycles. The molecule has 0 aromatic carbocycles. The van der Waals surface area contributed by atoms with E-state index in [1.807, 2.05) is 0 Å². The highest BCUT2D eigenvalue weighted by Gasteiger charge is 2.61. The van der Waals surface area contributed by atoms with Crippen molar-refractivity contribution in [2.75, 3.05) is 7.11 Å². The van der Waals surface area contributed by atoms with Crippen LogP contribution in [0.25, 0.3) is 0 Å².